The smallest absolute Gasteiger partial charge is 0.408 e. The molecule has 9 nitrogen and oxygen atoms in total. The van der Waals surface area contributed by atoms with E-state index >= 15 is 0 Å². The Kier molecular flexibility index (Phi) is 16.8. The average Bonchev–Trinajstić information content (AvgIpc) is 2.88. The number of benzene rings is 1. The maximum atomic E-state index is 14.3. The Morgan fingerprint density at radius 3 is 2.12 bits per heavy atom. The topological polar surface area (TPSA) is 114 Å². The number of hydrogen-bond donors (Lipinski definition) is 2. The Bertz CT molecular complexity index is 971. The molecule has 1 aromatic carbocycles. The summed E-state index contributed by atoms with van der Waals surface area (Å²) in [6.07, 6.45) is 5.84. The highest BCUT2D eigenvalue weighted by Crippen LogP contribution is 2.25. The maximum absolute atomic E-state index is 14.3. The molecule has 1 aromatic rings. The van der Waals surface area contributed by atoms with Crippen molar-refractivity contribution in [1.29, 1.82) is 0 Å². The Morgan fingerprint density at radius 2 is 1.55 bits per heavy atom. The van der Waals surface area contributed by atoms with Crippen LogP contribution in [0.1, 0.15) is 117 Å². The van der Waals surface area contributed by atoms with E-state index in [-0.39, 0.29) is 37.3 Å². The van der Waals surface area contributed by atoms with Gasteiger partial charge < -0.3 is 25.0 Å². The molecule has 42 heavy (non-hydrogen) atoms. The molecule has 0 aliphatic heterocycles. The number of ether oxygens (including phenoxy) is 2. The highest BCUT2D eigenvalue weighted by atomic mass is 16.6. The van der Waals surface area contributed by atoms with Crippen molar-refractivity contribution in [3.8, 4) is 0 Å². The molecule has 0 saturated heterocycles. The third kappa shape index (κ3) is 14.7. The minimum Gasteiger partial charge on any atom is -0.466 e. The Labute approximate surface area is 253 Å². The van der Waals surface area contributed by atoms with E-state index in [0.717, 1.165) is 44.1 Å². The summed E-state index contributed by atoms with van der Waals surface area (Å²) in [5.74, 6) is -1.03. The average molecular weight is 590 g/mol. The van der Waals surface area contributed by atoms with Crippen LogP contribution in [0.4, 0.5) is 4.79 Å². The lowest BCUT2D eigenvalue weighted by Crippen LogP contribution is -2.53. The van der Waals surface area contributed by atoms with Crippen LogP contribution < -0.4 is 10.6 Å². The van der Waals surface area contributed by atoms with Gasteiger partial charge in [-0.15, -0.1) is 0 Å². The fourth-order valence-electron chi connectivity index (χ4n) is 4.61. The highest BCUT2D eigenvalue weighted by molar-refractivity contribution is 5.92. The quantitative estimate of drug-likeness (QED) is 0.155. The molecule has 238 valence electrons. The van der Waals surface area contributed by atoms with Crippen molar-refractivity contribution >= 4 is 23.9 Å². The van der Waals surface area contributed by atoms with Gasteiger partial charge >= 0.3 is 12.1 Å². The zero-order valence-corrected chi connectivity index (χ0v) is 27.2. The number of aryl methyl sites for hydroxylation is 1. The van der Waals surface area contributed by atoms with Crippen molar-refractivity contribution in [2.45, 2.75) is 124 Å². The van der Waals surface area contributed by atoms with E-state index in [1.807, 2.05) is 45.0 Å². The minimum atomic E-state index is -0.939. The second kappa shape index (κ2) is 19.2. The van der Waals surface area contributed by atoms with Crippen LogP contribution in [0.15, 0.2) is 24.3 Å². The second-order valence-corrected chi connectivity index (χ2v) is 12.3. The number of nitrogens with one attached hydrogen (secondary N) is 2. The number of hydrogen-bond acceptors (Lipinski definition) is 6. The Balaban J connectivity index is 3.40. The molecule has 3 amide bonds. The van der Waals surface area contributed by atoms with Crippen LogP contribution in [0, 0.1) is 12.8 Å². The van der Waals surface area contributed by atoms with Gasteiger partial charge in [0.05, 0.1) is 13.0 Å². The fraction of sp³-hybridized carbons (Fsp3) is 0.697. The Hall–Kier alpha value is -3.10. The molecular weight excluding hydrogens is 534 g/mol. The molecule has 0 heterocycles. The molecule has 0 spiro atoms. The SMILES string of the molecule is CCCCCCCCN(C(=O)C(CC(C)C)NC(=O)OC(C)(C)C)C(C(=O)NCCC(=O)OCC)c1ccc(C)cc1. The second-order valence-electron chi connectivity index (χ2n) is 12.3. The molecule has 1 rings (SSSR count). The van der Waals surface area contributed by atoms with Crippen molar-refractivity contribution in [2.75, 3.05) is 19.7 Å². The summed E-state index contributed by atoms with van der Waals surface area (Å²) in [5.41, 5.74) is 0.962. The summed E-state index contributed by atoms with van der Waals surface area (Å²) >= 11 is 0. The van der Waals surface area contributed by atoms with Crippen LogP contribution >= 0.6 is 0 Å². The number of esters is 1. The summed E-state index contributed by atoms with van der Waals surface area (Å²) in [6, 6.07) is 5.71. The summed E-state index contributed by atoms with van der Waals surface area (Å²) in [5, 5.41) is 5.63. The highest BCUT2D eigenvalue weighted by Gasteiger charge is 2.36. The number of amides is 3. The van der Waals surface area contributed by atoms with Gasteiger partial charge in [-0.3, -0.25) is 14.4 Å². The van der Waals surface area contributed by atoms with Crippen molar-refractivity contribution in [1.82, 2.24) is 15.5 Å². The zero-order chi connectivity index (χ0) is 31.7. The van der Waals surface area contributed by atoms with Crippen LogP contribution in [0.25, 0.3) is 0 Å². The number of carbonyl (C=O) groups excluding carboxylic acids is 4. The van der Waals surface area contributed by atoms with E-state index in [4.69, 9.17) is 9.47 Å². The predicted molar refractivity (Wildman–Crippen MR) is 166 cm³/mol. The van der Waals surface area contributed by atoms with Gasteiger partial charge in [-0.2, -0.15) is 0 Å². The van der Waals surface area contributed by atoms with Crippen LogP contribution in [0.2, 0.25) is 0 Å². The first-order valence-electron chi connectivity index (χ1n) is 15.6. The zero-order valence-electron chi connectivity index (χ0n) is 27.2. The molecule has 0 aliphatic rings. The first-order chi connectivity index (χ1) is 19.8. The molecule has 2 atom stereocenters. The first-order valence-corrected chi connectivity index (χ1v) is 15.6. The lowest BCUT2D eigenvalue weighted by atomic mass is 9.98. The summed E-state index contributed by atoms with van der Waals surface area (Å²) < 4.78 is 10.5. The Morgan fingerprint density at radius 1 is 0.929 bits per heavy atom. The van der Waals surface area contributed by atoms with Gasteiger partial charge in [-0.05, 0) is 58.9 Å². The number of unbranched alkanes of at least 4 members (excludes halogenated alkanes) is 5. The minimum absolute atomic E-state index is 0.0295. The fourth-order valence-corrected chi connectivity index (χ4v) is 4.61. The van der Waals surface area contributed by atoms with Crippen LogP contribution in [0.3, 0.4) is 0 Å². The monoisotopic (exact) mass is 589 g/mol. The van der Waals surface area contributed by atoms with Crippen LogP contribution in [0.5, 0.6) is 0 Å². The molecule has 0 aromatic heterocycles. The number of alkyl carbamates (subject to hydrolysis) is 1. The lowest BCUT2D eigenvalue weighted by Gasteiger charge is -2.35. The molecule has 0 fully saturated rings. The molecular formula is C33H55N3O6. The summed E-state index contributed by atoms with van der Waals surface area (Å²) in [6.45, 7) is 15.8. The van der Waals surface area contributed by atoms with Crippen molar-refractivity contribution in [3.05, 3.63) is 35.4 Å². The van der Waals surface area contributed by atoms with Crippen LogP contribution in [-0.2, 0) is 23.9 Å². The standard InChI is InChI=1S/C33H55N3O6/c1-9-11-12-13-14-15-22-36(31(39)27(23-24(3)4)35-32(40)42-33(6,7)8)29(26-18-16-25(5)17-19-26)30(38)34-21-20-28(37)41-10-2/h16-19,24,27,29H,9-15,20-23H2,1-8H3,(H,34,38)(H,35,40). The van der Waals surface area contributed by atoms with Gasteiger partial charge in [0.25, 0.3) is 0 Å². The normalized spacial score (nSPS) is 12.8. The van der Waals surface area contributed by atoms with E-state index in [2.05, 4.69) is 17.6 Å². The van der Waals surface area contributed by atoms with Crippen molar-refractivity contribution in [3.63, 3.8) is 0 Å². The number of rotatable bonds is 18. The van der Waals surface area contributed by atoms with Crippen LogP contribution in [-0.4, -0.2) is 60.1 Å². The molecule has 0 saturated carbocycles. The molecule has 0 aliphatic carbocycles. The summed E-state index contributed by atoms with van der Waals surface area (Å²) in [4.78, 5) is 54.3. The van der Waals surface area contributed by atoms with Gasteiger partial charge in [0.15, 0.2) is 0 Å². The number of carbonyl (C=O) groups is 4. The van der Waals surface area contributed by atoms with E-state index in [1.54, 1.807) is 32.6 Å². The third-order valence-corrected chi connectivity index (χ3v) is 6.62. The molecule has 2 unspecified atom stereocenters. The van der Waals surface area contributed by atoms with Gasteiger partial charge in [-0.25, -0.2) is 4.79 Å². The van der Waals surface area contributed by atoms with Gasteiger partial charge in [0.1, 0.15) is 17.7 Å². The lowest BCUT2D eigenvalue weighted by molar-refractivity contribution is -0.144. The van der Waals surface area contributed by atoms with E-state index in [0.29, 0.717) is 18.5 Å². The van der Waals surface area contributed by atoms with E-state index in [1.165, 1.54) is 0 Å². The molecule has 9 heteroatoms. The van der Waals surface area contributed by atoms with Gasteiger partial charge in [0.2, 0.25) is 11.8 Å². The summed E-state index contributed by atoms with van der Waals surface area (Å²) in [7, 11) is 0. The van der Waals surface area contributed by atoms with Gasteiger partial charge in [-0.1, -0.05) is 82.7 Å². The molecule has 0 bridgehead atoms. The maximum Gasteiger partial charge on any atom is 0.408 e. The van der Waals surface area contributed by atoms with E-state index in [9.17, 15) is 19.2 Å². The molecule has 2 N–H and O–H groups in total. The molecule has 0 radical (unpaired) electrons. The van der Waals surface area contributed by atoms with E-state index < -0.39 is 29.7 Å². The number of nitrogens with zero attached hydrogens (tertiary/aromatic N) is 1. The first kappa shape index (κ1) is 36.9. The third-order valence-electron chi connectivity index (χ3n) is 6.62. The largest absolute Gasteiger partial charge is 0.466 e. The van der Waals surface area contributed by atoms with Crippen molar-refractivity contribution in [2.24, 2.45) is 5.92 Å². The van der Waals surface area contributed by atoms with Gasteiger partial charge in [0, 0.05) is 13.1 Å². The predicted octanol–water partition coefficient (Wildman–Crippen LogP) is 6.23. The van der Waals surface area contributed by atoms with Crippen molar-refractivity contribution < 1.29 is 28.7 Å².